The highest BCUT2D eigenvalue weighted by Crippen LogP contribution is 2.22. The SMILES string of the molecule is Cc1ccc(C(=O)[O-])cc1NS(=O)(=O)c1ccc(F)c(F)c1. The summed E-state index contributed by atoms with van der Waals surface area (Å²) >= 11 is 0. The van der Waals surface area contributed by atoms with Gasteiger partial charge in [0, 0.05) is 0 Å². The molecular weight excluding hydrogens is 316 g/mol. The number of hydrogen-bond acceptors (Lipinski definition) is 4. The van der Waals surface area contributed by atoms with Crippen molar-refractivity contribution in [2.75, 3.05) is 4.72 Å². The van der Waals surface area contributed by atoms with Crippen molar-refractivity contribution in [1.82, 2.24) is 0 Å². The topological polar surface area (TPSA) is 86.3 Å². The Bertz CT molecular complexity index is 850. The third-order valence-electron chi connectivity index (χ3n) is 2.92. The van der Waals surface area contributed by atoms with Gasteiger partial charge in [0.1, 0.15) is 0 Å². The normalized spacial score (nSPS) is 11.2. The van der Waals surface area contributed by atoms with Crippen LogP contribution in [0.25, 0.3) is 0 Å². The molecule has 0 radical (unpaired) electrons. The quantitative estimate of drug-likeness (QED) is 0.921. The zero-order valence-electron chi connectivity index (χ0n) is 11.3. The van der Waals surface area contributed by atoms with Gasteiger partial charge >= 0.3 is 0 Å². The molecule has 0 spiro atoms. The van der Waals surface area contributed by atoms with E-state index >= 15 is 0 Å². The van der Waals surface area contributed by atoms with Crippen molar-refractivity contribution in [3.8, 4) is 0 Å². The predicted octanol–water partition coefficient (Wildman–Crippen LogP) is 1.44. The largest absolute Gasteiger partial charge is 0.545 e. The van der Waals surface area contributed by atoms with Crippen molar-refractivity contribution in [2.24, 2.45) is 0 Å². The molecule has 116 valence electrons. The van der Waals surface area contributed by atoms with Gasteiger partial charge in [-0.15, -0.1) is 0 Å². The summed E-state index contributed by atoms with van der Waals surface area (Å²) in [5.74, 6) is -3.94. The van der Waals surface area contributed by atoms with Crippen LogP contribution in [0.3, 0.4) is 0 Å². The van der Waals surface area contributed by atoms with E-state index in [1.165, 1.54) is 12.1 Å². The Balaban J connectivity index is 2.42. The molecule has 0 fully saturated rings. The summed E-state index contributed by atoms with van der Waals surface area (Å²) in [4.78, 5) is 10.3. The summed E-state index contributed by atoms with van der Waals surface area (Å²) in [6.07, 6.45) is 0. The Morgan fingerprint density at radius 3 is 2.36 bits per heavy atom. The van der Waals surface area contributed by atoms with Gasteiger partial charge in [0.2, 0.25) is 0 Å². The molecule has 8 heteroatoms. The molecule has 2 rings (SSSR count). The molecule has 0 unspecified atom stereocenters. The Labute approximate surface area is 125 Å². The zero-order valence-corrected chi connectivity index (χ0v) is 12.1. The molecule has 0 saturated heterocycles. The lowest BCUT2D eigenvalue weighted by Crippen LogP contribution is -2.22. The lowest BCUT2D eigenvalue weighted by Gasteiger charge is -2.13. The minimum Gasteiger partial charge on any atom is -0.545 e. The molecule has 0 heterocycles. The molecule has 0 atom stereocenters. The highest BCUT2D eigenvalue weighted by atomic mass is 32.2. The number of carbonyl (C=O) groups excluding carboxylic acids is 1. The molecule has 2 aromatic carbocycles. The van der Waals surface area contributed by atoms with Gasteiger partial charge in [0.05, 0.1) is 16.6 Å². The van der Waals surface area contributed by atoms with E-state index in [0.717, 1.165) is 12.1 Å². The Hall–Kier alpha value is -2.48. The summed E-state index contributed by atoms with van der Waals surface area (Å²) in [5, 5.41) is 10.8. The molecular formula is C14H10F2NO4S-. The van der Waals surface area contributed by atoms with Crippen molar-refractivity contribution in [1.29, 1.82) is 0 Å². The predicted molar refractivity (Wildman–Crippen MR) is 72.7 cm³/mol. The first-order valence-electron chi connectivity index (χ1n) is 6.00. The van der Waals surface area contributed by atoms with E-state index < -0.39 is 32.5 Å². The van der Waals surface area contributed by atoms with Gasteiger partial charge < -0.3 is 9.90 Å². The summed E-state index contributed by atoms with van der Waals surface area (Å²) in [6.45, 7) is 1.56. The number of sulfonamides is 1. The first kappa shape index (κ1) is 15.9. The number of rotatable bonds is 4. The minimum atomic E-state index is -4.19. The summed E-state index contributed by atoms with van der Waals surface area (Å²) in [7, 11) is -4.19. The molecule has 0 saturated carbocycles. The van der Waals surface area contributed by atoms with E-state index in [-0.39, 0.29) is 11.3 Å². The van der Waals surface area contributed by atoms with E-state index in [4.69, 9.17) is 0 Å². The molecule has 0 aliphatic rings. The average Bonchev–Trinajstić information content (AvgIpc) is 2.43. The number of aromatic carboxylic acids is 1. The molecule has 22 heavy (non-hydrogen) atoms. The molecule has 2 aromatic rings. The van der Waals surface area contributed by atoms with Crippen LogP contribution < -0.4 is 9.83 Å². The van der Waals surface area contributed by atoms with E-state index in [1.54, 1.807) is 6.92 Å². The van der Waals surface area contributed by atoms with Crippen LogP contribution in [0.4, 0.5) is 14.5 Å². The maximum absolute atomic E-state index is 13.1. The van der Waals surface area contributed by atoms with Gasteiger partial charge in [0.15, 0.2) is 11.6 Å². The van der Waals surface area contributed by atoms with Crippen LogP contribution in [0.5, 0.6) is 0 Å². The second-order valence-electron chi connectivity index (χ2n) is 4.50. The highest BCUT2D eigenvalue weighted by Gasteiger charge is 2.17. The number of hydrogen-bond donors (Lipinski definition) is 1. The standard InChI is InChI=1S/C14H11F2NO4S/c1-8-2-3-9(14(18)19)6-13(8)17-22(20,21)10-4-5-11(15)12(16)7-10/h2-7,17H,1H3,(H,18,19)/p-1. The monoisotopic (exact) mass is 326 g/mol. The number of carboxylic acid groups (broad SMARTS) is 1. The van der Waals surface area contributed by atoms with E-state index in [9.17, 15) is 27.1 Å². The van der Waals surface area contributed by atoms with Crippen molar-refractivity contribution in [2.45, 2.75) is 11.8 Å². The third kappa shape index (κ3) is 3.22. The van der Waals surface area contributed by atoms with Gasteiger partial charge in [-0.25, -0.2) is 17.2 Å². The number of carbonyl (C=O) groups is 1. The maximum atomic E-state index is 13.1. The maximum Gasteiger partial charge on any atom is 0.262 e. The van der Waals surface area contributed by atoms with Gasteiger partial charge in [-0.3, -0.25) is 4.72 Å². The molecule has 0 aliphatic heterocycles. The lowest BCUT2D eigenvalue weighted by molar-refractivity contribution is -0.255. The average molecular weight is 326 g/mol. The summed E-state index contributed by atoms with van der Waals surface area (Å²) in [6, 6.07) is 5.87. The fraction of sp³-hybridized carbons (Fsp3) is 0.0714. The number of halogens is 2. The molecule has 0 bridgehead atoms. The second kappa shape index (κ2) is 5.72. The van der Waals surface area contributed by atoms with E-state index in [1.807, 2.05) is 0 Å². The van der Waals surface area contributed by atoms with Crippen molar-refractivity contribution in [3.63, 3.8) is 0 Å². The van der Waals surface area contributed by atoms with Crippen LogP contribution in [-0.4, -0.2) is 14.4 Å². The van der Waals surface area contributed by atoms with Gasteiger partial charge in [-0.2, -0.15) is 0 Å². The first-order chi connectivity index (χ1) is 10.2. The van der Waals surface area contributed by atoms with E-state index in [0.29, 0.717) is 17.7 Å². The second-order valence-corrected chi connectivity index (χ2v) is 6.18. The lowest BCUT2D eigenvalue weighted by atomic mass is 10.1. The van der Waals surface area contributed by atoms with Gasteiger partial charge in [-0.05, 0) is 42.3 Å². The number of benzene rings is 2. The zero-order chi connectivity index (χ0) is 16.5. The summed E-state index contributed by atoms with van der Waals surface area (Å²) < 4.78 is 52.4. The number of anilines is 1. The van der Waals surface area contributed by atoms with Crippen LogP contribution in [-0.2, 0) is 10.0 Å². The Morgan fingerprint density at radius 1 is 1.09 bits per heavy atom. The highest BCUT2D eigenvalue weighted by molar-refractivity contribution is 7.92. The number of nitrogens with one attached hydrogen (secondary N) is 1. The third-order valence-corrected chi connectivity index (χ3v) is 4.28. The minimum absolute atomic E-state index is 0.00596. The van der Waals surface area contributed by atoms with Gasteiger partial charge in [0.25, 0.3) is 10.0 Å². The van der Waals surface area contributed by atoms with Gasteiger partial charge in [-0.1, -0.05) is 12.1 Å². The van der Waals surface area contributed by atoms with Crippen molar-refractivity contribution >= 4 is 21.7 Å². The molecule has 5 nitrogen and oxygen atoms in total. The van der Waals surface area contributed by atoms with Crippen LogP contribution in [0.2, 0.25) is 0 Å². The van der Waals surface area contributed by atoms with Crippen LogP contribution in [0, 0.1) is 18.6 Å². The van der Waals surface area contributed by atoms with E-state index in [2.05, 4.69) is 4.72 Å². The number of carboxylic acids is 1. The van der Waals surface area contributed by atoms with Crippen LogP contribution >= 0.6 is 0 Å². The fourth-order valence-corrected chi connectivity index (χ4v) is 2.84. The Morgan fingerprint density at radius 2 is 1.77 bits per heavy atom. The molecule has 1 N–H and O–H groups in total. The fourth-order valence-electron chi connectivity index (χ4n) is 1.71. The first-order valence-corrected chi connectivity index (χ1v) is 7.49. The molecule has 0 aliphatic carbocycles. The van der Waals surface area contributed by atoms with Crippen LogP contribution in [0.15, 0.2) is 41.3 Å². The number of aryl methyl sites for hydroxylation is 1. The van der Waals surface area contributed by atoms with Crippen molar-refractivity contribution < 1.29 is 27.1 Å². The van der Waals surface area contributed by atoms with Crippen LogP contribution in [0.1, 0.15) is 15.9 Å². The molecule has 0 aromatic heterocycles. The Kier molecular flexibility index (Phi) is 4.14. The van der Waals surface area contributed by atoms with Crippen molar-refractivity contribution in [3.05, 3.63) is 59.2 Å². The molecule has 0 amide bonds. The summed E-state index contributed by atoms with van der Waals surface area (Å²) in [5.41, 5.74) is 0.246. The smallest absolute Gasteiger partial charge is 0.262 e.